The fourth-order valence-corrected chi connectivity index (χ4v) is 1.59. The summed E-state index contributed by atoms with van der Waals surface area (Å²) in [4.78, 5) is 2.71. The van der Waals surface area contributed by atoms with Gasteiger partial charge >= 0.3 is 6.20 Å². The maximum atomic E-state index is 9.35. The molecule has 1 N–H and O–H groups in total. The van der Waals surface area contributed by atoms with E-state index in [2.05, 4.69) is 4.98 Å². The number of hydrogen-bond donors (Lipinski definition) is 1. The molecule has 0 aromatic rings. The lowest BCUT2D eigenvalue weighted by molar-refractivity contribution is -0.465. The van der Waals surface area contributed by atoms with Crippen molar-refractivity contribution in [3.8, 4) is 0 Å². The van der Waals surface area contributed by atoms with Crippen molar-refractivity contribution in [1.29, 1.82) is 5.39 Å². The van der Waals surface area contributed by atoms with Gasteiger partial charge in [0.2, 0.25) is 5.39 Å². The van der Waals surface area contributed by atoms with Crippen LogP contribution in [-0.4, -0.2) is 30.9 Å². The molecule has 0 aliphatic carbocycles. The largest absolute Gasteiger partial charge is 0.505 e. The standard InChI is InChI=1S/C9H12N2O4/c1-8-4-13-9(14-5-8,15-6-8)2-7(12)3-11-10/h3H,2,4-6H2,1H3/p+1/b7-3-. The van der Waals surface area contributed by atoms with E-state index in [0.717, 1.165) is 6.20 Å². The van der Waals surface area contributed by atoms with E-state index in [0.29, 0.717) is 19.8 Å². The Bertz CT molecular complexity index is 309. The van der Waals surface area contributed by atoms with Crippen LogP contribution in [0.1, 0.15) is 13.3 Å². The summed E-state index contributed by atoms with van der Waals surface area (Å²) in [5.41, 5.74) is -0.0948. The lowest BCUT2D eigenvalue weighted by atomic mass is 9.91. The van der Waals surface area contributed by atoms with E-state index >= 15 is 0 Å². The van der Waals surface area contributed by atoms with E-state index in [9.17, 15) is 5.11 Å². The third-order valence-corrected chi connectivity index (χ3v) is 2.53. The first-order valence-electron chi connectivity index (χ1n) is 4.72. The molecule has 3 heterocycles. The molecular formula is C9H13N2O4+. The first-order valence-corrected chi connectivity index (χ1v) is 4.72. The van der Waals surface area contributed by atoms with Gasteiger partial charge < -0.3 is 19.3 Å². The summed E-state index contributed by atoms with van der Waals surface area (Å²) in [6, 6.07) is 0. The van der Waals surface area contributed by atoms with Crippen LogP contribution in [0.15, 0.2) is 12.0 Å². The Labute approximate surface area is 87.1 Å². The molecule has 3 aliphatic heterocycles. The van der Waals surface area contributed by atoms with E-state index < -0.39 is 5.97 Å². The van der Waals surface area contributed by atoms with Crippen molar-refractivity contribution in [2.45, 2.75) is 19.3 Å². The summed E-state index contributed by atoms with van der Waals surface area (Å²) in [5.74, 6) is -1.36. The highest BCUT2D eigenvalue weighted by Gasteiger charge is 2.51. The number of aliphatic hydroxyl groups is 1. The molecule has 0 radical (unpaired) electrons. The van der Waals surface area contributed by atoms with Crippen LogP contribution in [-0.2, 0) is 14.2 Å². The predicted molar refractivity (Wildman–Crippen MR) is 49.1 cm³/mol. The minimum absolute atomic E-state index is 0.0210. The third kappa shape index (κ3) is 1.95. The molecule has 3 fully saturated rings. The van der Waals surface area contributed by atoms with E-state index in [1.807, 2.05) is 6.92 Å². The van der Waals surface area contributed by atoms with E-state index in [-0.39, 0.29) is 17.6 Å². The molecule has 82 valence electrons. The molecule has 0 spiro atoms. The molecule has 3 rings (SSSR count). The van der Waals surface area contributed by atoms with Crippen LogP contribution in [0.2, 0.25) is 0 Å². The molecule has 0 unspecified atom stereocenters. The molecule has 0 amide bonds. The second-order valence-electron chi connectivity index (χ2n) is 4.27. The normalized spacial score (nSPS) is 40.1. The first kappa shape index (κ1) is 10.4. The number of nitrogens with zero attached hydrogens (tertiary/aromatic N) is 2. The van der Waals surface area contributed by atoms with Gasteiger partial charge in [0.15, 0.2) is 10.7 Å². The predicted octanol–water partition coefficient (Wildman–Crippen LogP) is 1.37. The van der Waals surface area contributed by atoms with Crippen LogP contribution in [0.3, 0.4) is 0 Å². The van der Waals surface area contributed by atoms with Crippen molar-refractivity contribution in [3.05, 3.63) is 16.9 Å². The maximum Gasteiger partial charge on any atom is 0.387 e. The molecule has 6 nitrogen and oxygen atoms in total. The van der Waals surface area contributed by atoms with Crippen molar-refractivity contribution >= 4 is 0 Å². The Hall–Kier alpha value is -1.16. The van der Waals surface area contributed by atoms with Gasteiger partial charge in [0.05, 0.1) is 26.2 Å². The van der Waals surface area contributed by atoms with Crippen LogP contribution in [0.25, 0.3) is 4.98 Å². The Morgan fingerprint density at radius 2 is 1.93 bits per heavy atom. The van der Waals surface area contributed by atoms with E-state index in [4.69, 9.17) is 19.6 Å². The zero-order valence-electron chi connectivity index (χ0n) is 8.47. The van der Waals surface area contributed by atoms with Crippen molar-refractivity contribution in [3.63, 3.8) is 0 Å². The summed E-state index contributed by atoms with van der Waals surface area (Å²) >= 11 is 0. The topological polar surface area (TPSA) is 76.1 Å². The number of fused-ring (bicyclic) bond motifs is 3. The minimum atomic E-state index is -1.21. The van der Waals surface area contributed by atoms with Crippen LogP contribution in [0, 0.1) is 10.8 Å². The lowest BCUT2D eigenvalue weighted by Gasteiger charge is -2.50. The van der Waals surface area contributed by atoms with Gasteiger partial charge in [-0.15, -0.1) is 0 Å². The Balaban J connectivity index is 2.04. The molecule has 6 heteroatoms. The number of hydrogen-bond acceptors (Lipinski definition) is 5. The van der Waals surface area contributed by atoms with Gasteiger partial charge in [0, 0.05) is 5.41 Å². The van der Waals surface area contributed by atoms with Gasteiger partial charge in [-0.2, -0.15) is 0 Å². The molecule has 3 saturated heterocycles. The lowest BCUT2D eigenvalue weighted by Crippen LogP contribution is -2.58. The SMILES string of the molecule is CC12COC(C/C(O)=C/[N+]#N)(OC1)OC2. The molecule has 0 aromatic heterocycles. The molecular weight excluding hydrogens is 200 g/mol. The first-order chi connectivity index (χ1) is 7.08. The van der Waals surface area contributed by atoms with Gasteiger partial charge in [-0.05, 0) is 0 Å². The maximum absolute atomic E-state index is 9.35. The van der Waals surface area contributed by atoms with Crippen LogP contribution in [0.5, 0.6) is 0 Å². The van der Waals surface area contributed by atoms with Crippen LogP contribution < -0.4 is 0 Å². The number of aliphatic hydroxyl groups excluding tert-OH is 1. The summed E-state index contributed by atoms with van der Waals surface area (Å²) in [6.45, 7) is 3.62. The molecule has 15 heavy (non-hydrogen) atoms. The number of ether oxygens (including phenoxy) is 3. The zero-order chi connectivity index (χ0) is 10.9. The quantitative estimate of drug-likeness (QED) is 0.553. The fourth-order valence-electron chi connectivity index (χ4n) is 1.59. The molecule has 3 aliphatic rings. The Morgan fingerprint density at radius 3 is 2.40 bits per heavy atom. The van der Waals surface area contributed by atoms with Crippen molar-refractivity contribution in [1.82, 2.24) is 0 Å². The van der Waals surface area contributed by atoms with E-state index in [1.165, 1.54) is 0 Å². The van der Waals surface area contributed by atoms with Crippen molar-refractivity contribution in [2.24, 2.45) is 5.41 Å². The zero-order valence-corrected chi connectivity index (χ0v) is 8.47. The highest BCUT2D eigenvalue weighted by Crippen LogP contribution is 2.40. The van der Waals surface area contributed by atoms with Gasteiger partial charge in [-0.25, -0.2) is 0 Å². The third-order valence-electron chi connectivity index (χ3n) is 2.53. The average Bonchev–Trinajstić information content (AvgIpc) is 2.21. The second kappa shape index (κ2) is 3.45. The summed E-state index contributed by atoms with van der Waals surface area (Å²) in [5, 5.41) is 17.6. The highest BCUT2D eigenvalue weighted by atomic mass is 16.9. The van der Waals surface area contributed by atoms with Gasteiger partial charge in [-0.1, -0.05) is 6.92 Å². The van der Waals surface area contributed by atoms with Crippen molar-refractivity contribution in [2.75, 3.05) is 19.8 Å². The fraction of sp³-hybridized carbons (Fsp3) is 0.778. The van der Waals surface area contributed by atoms with Crippen LogP contribution >= 0.6 is 0 Å². The van der Waals surface area contributed by atoms with Crippen molar-refractivity contribution < 1.29 is 19.3 Å². The minimum Gasteiger partial charge on any atom is -0.505 e. The second-order valence-corrected chi connectivity index (χ2v) is 4.27. The monoisotopic (exact) mass is 213 g/mol. The highest BCUT2D eigenvalue weighted by molar-refractivity contribution is 4.99. The smallest absolute Gasteiger partial charge is 0.387 e. The van der Waals surface area contributed by atoms with Crippen LogP contribution in [0.4, 0.5) is 0 Å². The Kier molecular flexibility index (Phi) is 2.38. The van der Waals surface area contributed by atoms with E-state index in [1.54, 1.807) is 0 Å². The molecule has 0 saturated carbocycles. The van der Waals surface area contributed by atoms with Gasteiger partial charge in [0.25, 0.3) is 5.97 Å². The molecule has 0 aromatic carbocycles. The molecule has 0 atom stereocenters. The summed E-state index contributed by atoms with van der Waals surface area (Å²) < 4.78 is 16.2. The van der Waals surface area contributed by atoms with Gasteiger partial charge in [-0.3, -0.25) is 0 Å². The summed E-state index contributed by atoms with van der Waals surface area (Å²) in [7, 11) is 0. The Morgan fingerprint density at radius 1 is 1.40 bits per heavy atom. The number of diazo groups is 1. The summed E-state index contributed by atoms with van der Waals surface area (Å²) in [6.07, 6.45) is 0.945. The van der Waals surface area contributed by atoms with Gasteiger partial charge in [0.1, 0.15) is 0 Å². The number of rotatable bonds is 2. The molecule has 2 bridgehead atoms. The average molecular weight is 213 g/mol.